The first-order chi connectivity index (χ1) is 9.16. The van der Waals surface area contributed by atoms with Crippen molar-refractivity contribution in [2.75, 3.05) is 5.73 Å². The molecule has 0 saturated heterocycles. The third-order valence-corrected chi connectivity index (χ3v) is 3.73. The van der Waals surface area contributed by atoms with Crippen molar-refractivity contribution in [1.82, 2.24) is 10.1 Å². The van der Waals surface area contributed by atoms with Crippen molar-refractivity contribution >= 4 is 5.82 Å². The van der Waals surface area contributed by atoms with E-state index in [1.54, 1.807) is 0 Å². The molecule has 2 heterocycles. The van der Waals surface area contributed by atoms with Gasteiger partial charge in [-0.3, -0.25) is 4.90 Å². The van der Waals surface area contributed by atoms with E-state index in [1.165, 1.54) is 5.56 Å². The summed E-state index contributed by atoms with van der Waals surface area (Å²) in [7, 11) is 0. The fourth-order valence-corrected chi connectivity index (χ4v) is 2.89. The van der Waals surface area contributed by atoms with Crippen molar-refractivity contribution in [3.05, 3.63) is 47.2 Å². The van der Waals surface area contributed by atoms with Gasteiger partial charge in [-0.05, 0) is 11.5 Å². The third kappa shape index (κ3) is 2.12. The van der Waals surface area contributed by atoms with Crippen LogP contribution in [0.1, 0.15) is 36.8 Å². The molecule has 2 N–H and O–H groups in total. The molecule has 1 unspecified atom stereocenters. The number of anilines is 1. The van der Waals surface area contributed by atoms with E-state index in [9.17, 15) is 0 Å². The first-order valence-corrected chi connectivity index (χ1v) is 6.68. The Labute approximate surface area is 113 Å². The SMILES string of the molecule is CC(C)C1c2onc(N)c2CN1Cc1ccccc1. The average molecular weight is 257 g/mol. The minimum Gasteiger partial charge on any atom is -0.381 e. The molecule has 2 aromatic rings. The number of fused-ring (bicyclic) bond motifs is 1. The van der Waals surface area contributed by atoms with Crippen LogP contribution in [0.25, 0.3) is 0 Å². The van der Waals surface area contributed by atoms with Crippen molar-refractivity contribution < 1.29 is 4.52 Å². The van der Waals surface area contributed by atoms with Crippen LogP contribution in [0.2, 0.25) is 0 Å². The van der Waals surface area contributed by atoms with Gasteiger partial charge >= 0.3 is 0 Å². The zero-order valence-electron chi connectivity index (χ0n) is 11.3. The highest BCUT2D eigenvalue weighted by molar-refractivity contribution is 5.44. The van der Waals surface area contributed by atoms with Crippen molar-refractivity contribution in [3.63, 3.8) is 0 Å². The Morgan fingerprint density at radius 3 is 2.79 bits per heavy atom. The molecule has 19 heavy (non-hydrogen) atoms. The lowest BCUT2D eigenvalue weighted by Crippen LogP contribution is -2.25. The molecule has 0 amide bonds. The van der Waals surface area contributed by atoms with E-state index in [0.29, 0.717) is 11.7 Å². The van der Waals surface area contributed by atoms with Crippen molar-refractivity contribution in [1.29, 1.82) is 0 Å². The molecule has 0 bridgehead atoms. The normalized spacial score (nSPS) is 19.0. The number of benzene rings is 1. The molecular weight excluding hydrogens is 238 g/mol. The van der Waals surface area contributed by atoms with Crippen LogP contribution in [-0.4, -0.2) is 10.1 Å². The van der Waals surface area contributed by atoms with Crippen molar-refractivity contribution in [2.45, 2.75) is 33.0 Å². The summed E-state index contributed by atoms with van der Waals surface area (Å²) in [5.41, 5.74) is 8.25. The predicted molar refractivity (Wildman–Crippen MR) is 74.2 cm³/mol. The zero-order valence-corrected chi connectivity index (χ0v) is 11.3. The second kappa shape index (κ2) is 4.70. The van der Waals surface area contributed by atoms with E-state index in [-0.39, 0.29) is 6.04 Å². The minimum absolute atomic E-state index is 0.264. The Bertz CT molecular complexity index is 562. The molecule has 1 aromatic heterocycles. The predicted octanol–water partition coefficient (Wildman–Crippen LogP) is 2.97. The lowest BCUT2D eigenvalue weighted by molar-refractivity contribution is 0.138. The van der Waals surface area contributed by atoms with Gasteiger partial charge in [-0.2, -0.15) is 0 Å². The van der Waals surface area contributed by atoms with Crippen LogP contribution in [0.15, 0.2) is 34.9 Å². The lowest BCUT2D eigenvalue weighted by Gasteiger charge is -2.26. The highest BCUT2D eigenvalue weighted by Gasteiger charge is 2.37. The molecule has 0 fully saturated rings. The van der Waals surface area contributed by atoms with Crippen LogP contribution in [0.3, 0.4) is 0 Å². The Kier molecular flexibility index (Phi) is 3.03. The molecule has 0 aliphatic carbocycles. The molecule has 0 saturated carbocycles. The number of aromatic nitrogens is 1. The summed E-state index contributed by atoms with van der Waals surface area (Å²) in [6.07, 6.45) is 0. The lowest BCUT2D eigenvalue weighted by atomic mass is 10.0. The highest BCUT2D eigenvalue weighted by Crippen LogP contribution is 2.41. The number of hydrogen-bond acceptors (Lipinski definition) is 4. The van der Waals surface area contributed by atoms with Crippen LogP contribution < -0.4 is 5.73 Å². The fraction of sp³-hybridized carbons (Fsp3) is 0.400. The fourth-order valence-electron chi connectivity index (χ4n) is 2.89. The van der Waals surface area contributed by atoms with Gasteiger partial charge in [0.25, 0.3) is 0 Å². The Morgan fingerprint density at radius 2 is 2.11 bits per heavy atom. The largest absolute Gasteiger partial charge is 0.381 e. The molecule has 3 rings (SSSR count). The van der Waals surface area contributed by atoms with Crippen molar-refractivity contribution in [2.24, 2.45) is 5.92 Å². The molecular formula is C15H19N3O. The van der Waals surface area contributed by atoms with E-state index >= 15 is 0 Å². The van der Waals surface area contributed by atoms with Gasteiger partial charge in [-0.15, -0.1) is 0 Å². The van der Waals surface area contributed by atoms with Gasteiger partial charge in [0.2, 0.25) is 0 Å². The van der Waals surface area contributed by atoms with Crippen LogP contribution in [0.4, 0.5) is 5.82 Å². The zero-order chi connectivity index (χ0) is 13.4. The van der Waals surface area contributed by atoms with Gasteiger partial charge in [0.1, 0.15) is 0 Å². The quantitative estimate of drug-likeness (QED) is 0.918. The molecule has 1 aliphatic rings. The monoisotopic (exact) mass is 257 g/mol. The summed E-state index contributed by atoms with van der Waals surface area (Å²) < 4.78 is 5.43. The van der Waals surface area contributed by atoms with Gasteiger partial charge in [0.05, 0.1) is 11.6 Å². The Balaban J connectivity index is 1.87. The molecule has 100 valence electrons. The topological polar surface area (TPSA) is 55.3 Å². The van der Waals surface area contributed by atoms with Crippen LogP contribution in [0.5, 0.6) is 0 Å². The van der Waals surface area contributed by atoms with E-state index in [0.717, 1.165) is 24.4 Å². The highest BCUT2D eigenvalue weighted by atomic mass is 16.5. The molecule has 0 radical (unpaired) electrons. The van der Waals surface area contributed by atoms with Crippen LogP contribution >= 0.6 is 0 Å². The number of nitrogens with two attached hydrogens (primary N) is 1. The van der Waals surface area contributed by atoms with E-state index < -0.39 is 0 Å². The standard InChI is InChI=1S/C15H19N3O/c1-10(2)13-14-12(15(16)17-19-14)9-18(13)8-11-6-4-3-5-7-11/h3-7,10,13H,8-9H2,1-2H3,(H2,16,17). The Morgan fingerprint density at radius 1 is 1.37 bits per heavy atom. The summed E-state index contributed by atoms with van der Waals surface area (Å²) in [5.74, 6) is 1.96. The second-order valence-corrected chi connectivity index (χ2v) is 5.49. The van der Waals surface area contributed by atoms with Gasteiger partial charge in [0, 0.05) is 13.1 Å². The summed E-state index contributed by atoms with van der Waals surface area (Å²) in [6.45, 7) is 6.14. The average Bonchev–Trinajstić information content (AvgIpc) is 2.91. The van der Waals surface area contributed by atoms with E-state index in [2.05, 4.69) is 48.2 Å². The molecule has 4 nitrogen and oxygen atoms in total. The summed E-state index contributed by atoms with van der Waals surface area (Å²) >= 11 is 0. The Hall–Kier alpha value is -1.81. The van der Waals surface area contributed by atoms with Gasteiger partial charge in [-0.25, -0.2) is 0 Å². The molecule has 1 aromatic carbocycles. The number of nitrogen functional groups attached to an aromatic ring is 1. The first-order valence-electron chi connectivity index (χ1n) is 6.68. The van der Waals surface area contributed by atoms with E-state index in [4.69, 9.17) is 10.3 Å². The number of nitrogens with zero attached hydrogens (tertiary/aromatic N) is 2. The molecule has 4 heteroatoms. The maximum atomic E-state index is 5.88. The maximum absolute atomic E-state index is 5.88. The summed E-state index contributed by atoms with van der Waals surface area (Å²) in [4.78, 5) is 2.41. The number of hydrogen-bond donors (Lipinski definition) is 1. The van der Waals surface area contributed by atoms with Gasteiger partial charge in [0.15, 0.2) is 11.6 Å². The molecule has 1 aliphatic heterocycles. The third-order valence-electron chi connectivity index (χ3n) is 3.73. The van der Waals surface area contributed by atoms with Crippen molar-refractivity contribution in [3.8, 4) is 0 Å². The summed E-state index contributed by atoms with van der Waals surface area (Å²) in [5, 5.41) is 3.89. The maximum Gasteiger partial charge on any atom is 0.171 e. The smallest absolute Gasteiger partial charge is 0.171 e. The minimum atomic E-state index is 0.264. The first kappa shape index (κ1) is 12.2. The summed E-state index contributed by atoms with van der Waals surface area (Å²) in [6, 6.07) is 10.8. The van der Waals surface area contributed by atoms with Gasteiger partial charge in [-0.1, -0.05) is 49.3 Å². The molecule has 1 atom stereocenters. The number of rotatable bonds is 3. The van der Waals surface area contributed by atoms with E-state index in [1.807, 2.05) is 6.07 Å². The van der Waals surface area contributed by atoms with Crippen LogP contribution in [-0.2, 0) is 13.1 Å². The molecule has 0 spiro atoms. The van der Waals surface area contributed by atoms with Gasteiger partial charge < -0.3 is 10.3 Å². The second-order valence-electron chi connectivity index (χ2n) is 5.49. The van der Waals surface area contributed by atoms with Crippen LogP contribution in [0, 0.1) is 5.92 Å².